The van der Waals surface area contributed by atoms with Crippen LogP contribution in [0.3, 0.4) is 0 Å². The van der Waals surface area contributed by atoms with Gasteiger partial charge < -0.3 is 4.57 Å². The molecule has 2 aromatic heterocycles. The normalized spacial score (nSPS) is 13.1. The standard InChI is InChI=1S/C23H21ClN2O2.C3H8/c24-21-12-16(7-8-19(21)15-26-9-2-1-6-22(26)27)10-17-11-20(14-25-13-17)23(28)18-4-3-5-18;1-3-2/h1-2,6-9,11-14,18H,3-5,10,15H2;3H2,1-2H3. The van der Waals surface area contributed by atoms with Gasteiger partial charge in [0.15, 0.2) is 5.78 Å². The maximum Gasteiger partial charge on any atom is 0.250 e. The molecule has 0 aliphatic heterocycles. The number of rotatable bonds is 6. The number of hydrogen-bond donors (Lipinski definition) is 0. The Hall–Kier alpha value is -2.72. The summed E-state index contributed by atoms with van der Waals surface area (Å²) in [6.07, 6.45) is 10.2. The third-order valence-corrected chi connectivity index (χ3v) is 5.67. The molecule has 4 nitrogen and oxygen atoms in total. The molecule has 162 valence electrons. The number of ketones is 1. The highest BCUT2D eigenvalue weighted by molar-refractivity contribution is 6.31. The monoisotopic (exact) mass is 436 g/mol. The van der Waals surface area contributed by atoms with Crippen molar-refractivity contribution in [1.29, 1.82) is 0 Å². The molecule has 2 heterocycles. The van der Waals surface area contributed by atoms with Crippen LogP contribution in [0.5, 0.6) is 0 Å². The molecule has 0 spiro atoms. The van der Waals surface area contributed by atoms with Crippen LogP contribution in [0.25, 0.3) is 0 Å². The van der Waals surface area contributed by atoms with Crippen LogP contribution in [0.2, 0.25) is 5.02 Å². The van der Waals surface area contributed by atoms with Crippen LogP contribution >= 0.6 is 11.6 Å². The summed E-state index contributed by atoms with van der Waals surface area (Å²) in [6, 6.07) is 12.9. The Kier molecular flexibility index (Phi) is 8.19. The van der Waals surface area contributed by atoms with Gasteiger partial charge in [-0.25, -0.2) is 0 Å². The number of halogens is 1. The highest BCUT2D eigenvalue weighted by atomic mass is 35.5. The summed E-state index contributed by atoms with van der Waals surface area (Å²) in [5.74, 6) is 0.384. The second-order valence-corrected chi connectivity index (χ2v) is 8.46. The van der Waals surface area contributed by atoms with Crippen molar-refractivity contribution in [3.05, 3.63) is 98.7 Å². The Morgan fingerprint density at radius 3 is 2.52 bits per heavy atom. The first-order valence-corrected chi connectivity index (χ1v) is 11.3. The number of pyridine rings is 2. The van der Waals surface area contributed by atoms with Crippen molar-refractivity contribution in [3.63, 3.8) is 0 Å². The molecule has 0 atom stereocenters. The van der Waals surface area contributed by atoms with Crippen LogP contribution in [0.1, 0.15) is 66.6 Å². The van der Waals surface area contributed by atoms with E-state index in [1.807, 2.05) is 30.3 Å². The van der Waals surface area contributed by atoms with Crippen molar-refractivity contribution < 1.29 is 4.79 Å². The summed E-state index contributed by atoms with van der Waals surface area (Å²) >= 11 is 6.46. The van der Waals surface area contributed by atoms with Crippen molar-refractivity contribution in [1.82, 2.24) is 9.55 Å². The highest BCUT2D eigenvalue weighted by Gasteiger charge is 2.26. The zero-order chi connectivity index (χ0) is 22.2. The molecule has 5 heteroatoms. The predicted molar refractivity (Wildman–Crippen MR) is 126 cm³/mol. The quantitative estimate of drug-likeness (QED) is 0.449. The van der Waals surface area contributed by atoms with Crippen LogP contribution in [-0.2, 0) is 13.0 Å². The van der Waals surface area contributed by atoms with Crippen LogP contribution in [-0.4, -0.2) is 15.3 Å². The minimum atomic E-state index is -0.0540. The van der Waals surface area contributed by atoms with Crippen LogP contribution in [0.4, 0.5) is 0 Å². The lowest BCUT2D eigenvalue weighted by atomic mass is 9.80. The molecule has 31 heavy (non-hydrogen) atoms. The number of aromatic nitrogens is 2. The van der Waals surface area contributed by atoms with E-state index in [1.54, 1.807) is 29.2 Å². The molecular weight excluding hydrogens is 408 g/mol. The maximum atomic E-state index is 12.4. The van der Waals surface area contributed by atoms with E-state index >= 15 is 0 Å². The first kappa shape index (κ1) is 23.0. The topological polar surface area (TPSA) is 52.0 Å². The van der Waals surface area contributed by atoms with Gasteiger partial charge in [-0.05, 0) is 54.2 Å². The van der Waals surface area contributed by atoms with Crippen molar-refractivity contribution in [2.75, 3.05) is 0 Å². The molecule has 0 saturated heterocycles. The van der Waals surface area contributed by atoms with E-state index in [2.05, 4.69) is 18.8 Å². The number of Topliss-reactive ketones (excluding diaryl/α,β-unsaturated/α-hetero) is 1. The molecule has 3 aromatic rings. The van der Waals surface area contributed by atoms with Gasteiger partial charge in [0.1, 0.15) is 0 Å². The predicted octanol–water partition coefficient (Wildman–Crippen LogP) is 5.93. The Balaban J connectivity index is 0.000000858. The van der Waals surface area contributed by atoms with Crippen molar-refractivity contribution in [3.8, 4) is 0 Å². The number of benzene rings is 1. The van der Waals surface area contributed by atoms with Crippen LogP contribution in [0.15, 0.2) is 65.8 Å². The fraction of sp³-hybridized carbons (Fsp3) is 0.346. The molecule has 1 saturated carbocycles. The zero-order valence-corrected chi connectivity index (χ0v) is 18.9. The average molecular weight is 437 g/mol. The Labute approximate surface area is 188 Å². The lowest BCUT2D eigenvalue weighted by molar-refractivity contribution is 0.0854. The van der Waals surface area contributed by atoms with Gasteiger partial charge in [0.05, 0.1) is 6.54 Å². The SMILES string of the molecule is CCC.O=C(c1cncc(Cc2ccc(Cn3ccccc3=O)c(Cl)c2)c1)C1CCC1. The van der Waals surface area contributed by atoms with E-state index < -0.39 is 0 Å². The molecule has 0 amide bonds. The van der Waals surface area contributed by atoms with Crippen molar-refractivity contribution >= 4 is 17.4 Å². The largest absolute Gasteiger partial charge is 0.311 e. The van der Waals surface area contributed by atoms with E-state index in [-0.39, 0.29) is 17.3 Å². The fourth-order valence-electron chi connectivity index (χ4n) is 3.46. The van der Waals surface area contributed by atoms with Crippen LogP contribution < -0.4 is 5.56 Å². The lowest BCUT2D eigenvalue weighted by Gasteiger charge is -2.23. The van der Waals surface area contributed by atoms with Gasteiger partial charge in [0, 0.05) is 41.2 Å². The summed E-state index contributed by atoms with van der Waals surface area (Å²) in [4.78, 5) is 28.6. The maximum absolute atomic E-state index is 12.4. The number of nitrogens with zero attached hydrogens (tertiary/aromatic N) is 2. The second kappa shape index (κ2) is 11.1. The third-order valence-electron chi connectivity index (χ3n) is 5.32. The van der Waals surface area contributed by atoms with Gasteiger partial charge >= 0.3 is 0 Å². The Morgan fingerprint density at radius 2 is 1.87 bits per heavy atom. The summed E-state index contributed by atoms with van der Waals surface area (Å²) < 4.78 is 1.63. The molecule has 1 fully saturated rings. The minimum absolute atomic E-state index is 0.0540. The second-order valence-electron chi connectivity index (χ2n) is 8.05. The fourth-order valence-corrected chi connectivity index (χ4v) is 3.73. The molecule has 1 aromatic carbocycles. The molecule has 0 bridgehead atoms. The summed E-state index contributed by atoms with van der Waals surface area (Å²) in [7, 11) is 0. The third kappa shape index (κ3) is 6.14. The van der Waals surface area contributed by atoms with Gasteiger partial charge in [0.25, 0.3) is 5.56 Å². The zero-order valence-electron chi connectivity index (χ0n) is 18.2. The molecular formula is C26H29ClN2O2. The van der Waals surface area contributed by atoms with Gasteiger partial charge in [-0.15, -0.1) is 0 Å². The summed E-state index contributed by atoms with van der Waals surface area (Å²) in [6.45, 7) is 4.69. The molecule has 1 aliphatic carbocycles. The van der Waals surface area contributed by atoms with Gasteiger partial charge in [-0.2, -0.15) is 0 Å². The molecule has 1 aliphatic rings. The molecule has 0 N–H and O–H groups in total. The molecule has 0 unspecified atom stereocenters. The Bertz CT molecular complexity index is 1090. The lowest BCUT2D eigenvalue weighted by Crippen LogP contribution is -2.22. The van der Waals surface area contributed by atoms with E-state index in [0.717, 1.165) is 36.0 Å². The van der Waals surface area contributed by atoms with E-state index in [4.69, 9.17) is 11.6 Å². The summed E-state index contributed by atoms with van der Waals surface area (Å²) in [5, 5.41) is 0.628. The average Bonchev–Trinajstić information content (AvgIpc) is 2.71. The van der Waals surface area contributed by atoms with E-state index in [1.165, 1.54) is 12.5 Å². The van der Waals surface area contributed by atoms with Gasteiger partial charge in [0.2, 0.25) is 0 Å². The Morgan fingerprint density at radius 1 is 1.10 bits per heavy atom. The number of hydrogen-bond acceptors (Lipinski definition) is 3. The van der Waals surface area contributed by atoms with Crippen LogP contribution in [0, 0.1) is 5.92 Å². The van der Waals surface area contributed by atoms with E-state index in [9.17, 15) is 9.59 Å². The first-order valence-electron chi connectivity index (χ1n) is 10.9. The van der Waals surface area contributed by atoms with Gasteiger partial charge in [-0.3, -0.25) is 14.6 Å². The summed E-state index contributed by atoms with van der Waals surface area (Å²) in [5.41, 5.74) is 3.58. The first-order chi connectivity index (χ1) is 15.0. The van der Waals surface area contributed by atoms with Crippen molar-refractivity contribution in [2.45, 2.75) is 52.5 Å². The van der Waals surface area contributed by atoms with E-state index in [0.29, 0.717) is 23.6 Å². The molecule has 4 rings (SSSR count). The minimum Gasteiger partial charge on any atom is -0.311 e. The number of carbonyl (C=O) groups excluding carboxylic acids is 1. The highest BCUT2D eigenvalue weighted by Crippen LogP contribution is 2.30. The van der Waals surface area contributed by atoms with Gasteiger partial charge in [-0.1, -0.05) is 56.5 Å². The molecule has 0 radical (unpaired) electrons. The van der Waals surface area contributed by atoms with Crippen molar-refractivity contribution in [2.24, 2.45) is 5.92 Å². The smallest absolute Gasteiger partial charge is 0.250 e. The number of carbonyl (C=O) groups is 1.